The van der Waals surface area contributed by atoms with Crippen LogP contribution in [-0.2, 0) is 0 Å². The molecule has 0 aliphatic carbocycles. The number of carbonyl (C=O) groups is 1. The molecule has 3 rings (SSSR count). The van der Waals surface area contributed by atoms with Crippen molar-refractivity contribution in [2.24, 2.45) is 0 Å². The fourth-order valence-corrected chi connectivity index (χ4v) is 3.04. The van der Waals surface area contributed by atoms with Crippen LogP contribution >= 0.6 is 0 Å². The minimum Gasteiger partial charge on any atom is -0.493 e. The standard InChI is InChI=1S/C20H25N3O3/c1-15-4-7-17(8-5-15)22-10-12-23(13-11-22)20(24)21-16-6-9-18(25-2)19(14-16)26-3/h4-9,14H,10-13H2,1-3H3,(H,21,24). The Kier molecular flexibility index (Phi) is 5.51. The third kappa shape index (κ3) is 4.02. The molecule has 1 heterocycles. The van der Waals surface area contributed by atoms with Crippen molar-refractivity contribution in [2.45, 2.75) is 6.92 Å². The van der Waals surface area contributed by atoms with Crippen molar-refractivity contribution in [3.8, 4) is 11.5 Å². The van der Waals surface area contributed by atoms with E-state index in [0.29, 0.717) is 30.3 Å². The summed E-state index contributed by atoms with van der Waals surface area (Å²) < 4.78 is 10.5. The molecule has 1 aliphatic rings. The molecular weight excluding hydrogens is 330 g/mol. The monoisotopic (exact) mass is 355 g/mol. The summed E-state index contributed by atoms with van der Waals surface area (Å²) in [5.41, 5.74) is 3.14. The maximum Gasteiger partial charge on any atom is 0.321 e. The number of aryl methyl sites for hydroxylation is 1. The highest BCUT2D eigenvalue weighted by atomic mass is 16.5. The quantitative estimate of drug-likeness (QED) is 0.914. The van der Waals surface area contributed by atoms with Gasteiger partial charge >= 0.3 is 6.03 Å². The number of nitrogens with one attached hydrogen (secondary N) is 1. The Labute approximate surface area is 154 Å². The van der Waals surface area contributed by atoms with E-state index >= 15 is 0 Å². The summed E-state index contributed by atoms with van der Waals surface area (Å²) in [4.78, 5) is 16.7. The van der Waals surface area contributed by atoms with Gasteiger partial charge < -0.3 is 24.6 Å². The number of piperazine rings is 1. The van der Waals surface area contributed by atoms with Crippen LogP contribution in [0.3, 0.4) is 0 Å². The van der Waals surface area contributed by atoms with Gasteiger partial charge in [0.25, 0.3) is 0 Å². The minimum absolute atomic E-state index is 0.0965. The third-order valence-corrected chi connectivity index (χ3v) is 4.60. The van der Waals surface area contributed by atoms with Crippen molar-refractivity contribution in [1.29, 1.82) is 0 Å². The molecule has 6 nitrogen and oxygen atoms in total. The van der Waals surface area contributed by atoms with E-state index < -0.39 is 0 Å². The summed E-state index contributed by atoms with van der Waals surface area (Å²) in [5.74, 6) is 1.23. The summed E-state index contributed by atoms with van der Waals surface area (Å²) in [6, 6.07) is 13.8. The molecule has 2 aromatic carbocycles. The molecule has 0 bridgehead atoms. The maximum atomic E-state index is 12.5. The van der Waals surface area contributed by atoms with E-state index in [1.807, 2.05) is 11.0 Å². The topological polar surface area (TPSA) is 54.0 Å². The highest BCUT2D eigenvalue weighted by molar-refractivity contribution is 5.90. The molecule has 0 radical (unpaired) electrons. The second kappa shape index (κ2) is 7.99. The van der Waals surface area contributed by atoms with Gasteiger partial charge in [0.1, 0.15) is 0 Å². The van der Waals surface area contributed by atoms with Crippen LogP contribution in [0.4, 0.5) is 16.2 Å². The van der Waals surface area contributed by atoms with E-state index in [0.717, 1.165) is 13.1 Å². The second-order valence-electron chi connectivity index (χ2n) is 6.31. The molecule has 0 atom stereocenters. The first-order valence-electron chi connectivity index (χ1n) is 8.70. The summed E-state index contributed by atoms with van der Waals surface area (Å²) in [7, 11) is 3.16. The normalized spacial score (nSPS) is 14.1. The smallest absolute Gasteiger partial charge is 0.321 e. The Bertz CT molecular complexity index is 753. The molecule has 1 fully saturated rings. The van der Waals surface area contributed by atoms with Gasteiger partial charge in [-0.15, -0.1) is 0 Å². The van der Waals surface area contributed by atoms with Gasteiger partial charge in [-0.1, -0.05) is 17.7 Å². The van der Waals surface area contributed by atoms with Gasteiger partial charge in [0.15, 0.2) is 11.5 Å². The SMILES string of the molecule is COc1ccc(NC(=O)N2CCN(c3ccc(C)cc3)CC2)cc1OC. The number of amides is 2. The van der Waals surface area contributed by atoms with Crippen LogP contribution in [0.15, 0.2) is 42.5 Å². The lowest BCUT2D eigenvalue weighted by molar-refractivity contribution is 0.208. The largest absolute Gasteiger partial charge is 0.493 e. The number of hydrogen-bond donors (Lipinski definition) is 1. The Morgan fingerprint density at radius 3 is 2.19 bits per heavy atom. The number of rotatable bonds is 4. The van der Waals surface area contributed by atoms with Crippen molar-refractivity contribution in [3.63, 3.8) is 0 Å². The molecule has 26 heavy (non-hydrogen) atoms. The van der Waals surface area contributed by atoms with E-state index in [1.165, 1.54) is 11.3 Å². The van der Waals surface area contributed by atoms with Crippen LogP contribution in [0.5, 0.6) is 11.5 Å². The van der Waals surface area contributed by atoms with Crippen molar-refractivity contribution >= 4 is 17.4 Å². The van der Waals surface area contributed by atoms with Crippen molar-refractivity contribution in [2.75, 3.05) is 50.6 Å². The molecule has 0 saturated carbocycles. The maximum absolute atomic E-state index is 12.5. The van der Waals surface area contributed by atoms with Gasteiger partial charge in [-0.2, -0.15) is 0 Å². The first-order chi connectivity index (χ1) is 12.6. The van der Waals surface area contributed by atoms with Gasteiger partial charge in [-0.3, -0.25) is 0 Å². The van der Waals surface area contributed by atoms with Gasteiger partial charge in [0.2, 0.25) is 0 Å². The van der Waals surface area contributed by atoms with E-state index in [2.05, 4.69) is 41.4 Å². The van der Waals surface area contributed by atoms with Gasteiger partial charge in [-0.05, 0) is 31.2 Å². The van der Waals surface area contributed by atoms with Crippen LogP contribution in [0.2, 0.25) is 0 Å². The molecule has 0 aromatic heterocycles. The van der Waals surface area contributed by atoms with Gasteiger partial charge in [-0.25, -0.2) is 4.79 Å². The third-order valence-electron chi connectivity index (χ3n) is 4.60. The van der Waals surface area contributed by atoms with Crippen LogP contribution in [0, 0.1) is 6.92 Å². The zero-order chi connectivity index (χ0) is 18.5. The van der Waals surface area contributed by atoms with Crippen molar-refractivity contribution in [1.82, 2.24) is 4.90 Å². The number of ether oxygens (including phenoxy) is 2. The van der Waals surface area contributed by atoms with Crippen LogP contribution in [0.25, 0.3) is 0 Å². The predicted molar refractivity (Wildman–Crippen MR) is 104 cm³/mol. The lowest BCUT2D eigenvalue weighted by Gasteiger charge is -2.36. The highest BCUT2D eigenvalue weighted by Gasteiger charge is 2.21. The first-order valence-corrected chi connectivity index (χ1v) is 8.70. The number of benzene rings is 2. The molecule has 0 spiro atoms. The first kappa shape index (κ1) is 17.9. The fourth-order valence-electron chi connectivity index (χ4n) is 3.04. The predicted octanol–water partition coefficient (Wildman–Crippen LogP) is 3.37. The van der Waals surface area contributed by atoms with Crippen LogP contribution in [0.1, 0.15) is 5.56 Å². The number of nitrogens with zero attached hydrogens (tertiary/aromatic N) is 2. The minimum atomic E-state index is -0.0965. The number of hydrogen-bond acceptors (Lipinski definition) is 4. The Morgan fingerprint density at radius 1 is 0.923 bits per heavy atom. The summed E-state index contributed by atoms with van der Waals surface area (Å²) in [5, 5.41) is 2.93. The number of urea groups is 1. The summed E-state index contributed by atoms with van der Waals surface area (Å²) in [6.07, 6.45) is 0. The van der Waals surface area contributed by atoms with E-state index in [4.69, 9.17) is 9.47 Å². The van der Waals surface area contributed by atoms with Crippen LogP contribution in [-0.4, -0.2) is 51.3 Å². The molecule has 1 N–H and O–H groups in total. The summed E-state index contributed by atoms with van der Waals surface area (Å²) >= 11 is 0. The fraction of sp³-hybridized carbons (Fsp3) is 0.350. The molecule has 1 aliphatic heterocycles. The molecule has 1 saturated heterocycles. The lowest BCUT2D eigenvalue weighted by atomic mass is 10.2. The van der Waals surface area contributed by atoms with E-state index in [9.17, 15) is 4.79 Å². The Hall–Kier alpha value is -2.89. The molecule has 2 aromatic rings. The average Bonchev–Trinajstić information content (AvgIpc) is 2.68. The molecule has 138 valence electrons. The van der Waals surface area contributed by atoms with E-state index in [-0.39, 0.29) is 6.03 Å². The highest BCUT2D eigenvalue weighted by Crippen LogP contribution is 2.30. The molecule has 6 heteroatoms. The van der Waals surface area contributed by atoms with Gasteiger partial charge in [0.05, 0.1) is 14.2 Å². The molecule has 0 unspecified atom stereocenters. The average molecular weight is 355 g/mol. The van der Waals surface area contributed by atoms with Crippen molar-refractivity contribution in [3.05, 3.63) is 48.0 Å². The number of carbonyl (C=O) groups excluding carboxylic acids is 1. The van der Waals surface area contributed by atoms with Crippen molar-refractivity contribution < 1.29 is 14.3 Å². The molecule has 2 amide bonds. The number of anilines is 2. The molecular formula is C20H25N3O3. The Balaban J connectivity index is 1.57. The number of methoxy groups -OCH3 is 2. The zero-order valence-electron chi connectivity index (χ0n) is 15.5. The summed E-state index contributed by atoms with van der Waals surface area (Å²) in [6.45, 7) is 5.10. The zero-order valence-corrected chi connectivity index (χ0v) is 15.5. The van der Waals surface area contributed by atoms with Gasteiger partial charge in [0, 0.05) is 43.6 Å². The Morgan fingerprint density at radius 2 is 1.58 bits per heavy atom. The second-order valence-corrected chi connectivity index (χ2v) is 6.31. The van der Waals surface area contributed by atoms with E-state index in [1.54, 1.807) is 26.4 Å². The van der Waals surface area contributed by atoms with Crippen LogP contribution < -0.4 is 19.7 Å². The lowest BCUT2D eigenvalue weighted by Crippen LogP contribution is -2.50.